The number of halogens is 2. The van der Waals surface area contributed by atoms with Gasteiger partial charge in [-0.1, -0.05) is 35.3 Å². The lowest BCUT2D eigenvalue weighted by Crippen LogP contribution is -2.06. The van der Waals surface area contributed by atoms with Crippen molar-refractivity contribution >= 4 is 35.5 Å². The van der Waals surface area contributed by atoms with Crippen molar-refractivity contribution in [3.05, 3.63) is 81.5 Å². The molecule has 0 atom stereocenters. The largest absolute Gasteiger partial charge is 0.457 e. The average molecular weight is 375 g/mol. The van der Waals surface area contributed by atoms with E-state index >= 15 is 0 Å². The Morgan fingerprint density at radius 2 is 1.80 bits per heavy atom. The summed E-state index contributed by atoms with van der Waals surface area (Å²) < 4.78 is 10.7. The average Bonchev–Trinajstić information content (AvgIpc) is 3.10. The molecule has 0 spiro atoms. The normalized spacial score (nSPS) is 10.5. The molecule has 0 saturated heterocycles. The molecule has 0 aliphatic heterocycles. The number of ether oxygens (including phenoxy) is 1. The van der Waals surface area contributed by atoms with Crippen molar-refractivity contribution in [2.45, 2.75) is 6.61 Å². The molecule has 0 radical (unpaired) electrons. The van der Waals surface area contributed by atoms with Crippen LogP contribution in [0.4, 0.5) is 0 Å². The van der Waals surface area contributed by atoms with Crippen LogP contribution in [0.2, 0.25) is 10.0 Å². The molecule has 126 valence electrons. The Bertz CT molecular complexity index is 913. The lowest BCUT2D eigenvalue weighted by molar-refractivity contribution is 0.0473. The van der Waals surface area contributed by atoms with Gasteiger partial charge in [0, 0.05) is 10.6 Å². The summed E-state index contributed by atoms with van der Waals surface area (Å²) in [5.74, 6) is 0.117. The van der Waals surface area contributed by atoms with Crippen LogP contribution < -0.4 is 0 Å². The fourth-order valence-corrected chi connectivity index (χ4v) is 2.53. The molecular weight excluding hydrogens is 363 g/mol. The van der Waals surface area contributed by atoms with Crippen LogP contribution in [-0.4, -0.2) is 12.3 Å². The maximum absolute atomic E-state index is 12.3. The Labute approximate surface area is 153 Å². The molecule has 0 N–H and O–H groups in total. The van der Waals surface area contributed by atoms with Gasteiger partial charge in [0.15, 0.2) is 12.0 Å². The molecule has 0 aliphatic carbocycles. The number of rotatable bonds is 5. The van der Waals surface area contributed by atoms with Gasteiger partial charge in [-0.15, -0.1) is 0 Å². The van der Waals surface area contributed by atoms with Gasteiger partial charge in [-0.25, -0.2) is 4.79 Å². The third-order valence-corrected chi connectivity index (χ3v) is 4.08. The van der Waals surface area contributed by atoms with Crippen LogP contribution in [0, 0.1) is 0 Å². The van der Waals surface area contributed by atoms with E-state index in [9.17, 15) is 9.59 Å². The lowest BCUT2D eigenvalue weighted by Gasteiger charge is -2.08. The van der Waals surface area contributed by atoms with Crippen LogP contribution in [0.25, 0.3) is 11.3 Å². The van der Waals surface area contributed by atoms with Crippen molar-refractivity contribution < 1.29 is 18.7 Å². The first-order valence-corrected chi connectivity index (χ1v) is 8.09. The van der Waals surface area contributed by atoms with E-state index in [1.165, 1.54) is 0 Å². The molecule has 0 unspecified atom stereocenters. The van der Waals surface area contributed by atoms with Crippen molar-refractivity contribution in [3.8, 4) is 11.3 Å². The Balaban J connectivity index is 1.78. The van der Waals surface area contributed by atoms with Gasteiger partial charge in [-0.2, -0.15) is 0 Å². The second-order valence-corrected chi connectivity index (χ2v) is 6.06. The minimum absolute atomic E-state index is 0.104. The van der Waals surface area contributed by atoms with E-state index in [1.807, 2.05) is 0 Å². The maximum atomic E-state index is 12.3. The fourth-order valence-electron chi connectivity index (χ4n) is 2.21. The van der Waals surface area contributed by atoms with Crippen LogP contribution in [0.1, 0.15) is 26.5 Å². The standard InChI is InChI=1S/C19H12Cl2O4/c20-14-4-1-12(2-5-14)11-24-19(23)16-9-13(3-7-17(16)21)18-8-6-15(10-22)25-18/h1-10H,11H2. The van der Waals surface area contributed by atoms with E-state index in [-0.39, 0.29) is 23.0 Å². The highest BCUT2D eigenvalue weighted by Crippen LogP contribution is 2.27. The number of carbonyl (C=O) groups excluding carboxylic acids is 2. The molecule has 2 aromatic carbocycles. The van der Waals surface area contributed by atoms with Crippen molar-refractivity contribution in [2.24, 2.45) is 0 Å². The van der Waals surface area contributed by atoms with Crippen molar-refractivity contribution in [1.29, 1.82) is 0 Å². The summed E-state index contributed by atoms with van der Waals surface area (Å²) in [6.07, 6.45) is 0.612. The number of aldehydes is 1. The van der Waals surface area contributed by atoms with Gasteiger partial charge in [-0.3, -0.25) is 4.79 Å². The number of benzene rings is 2. The zero-order valence-electron chi connectivity index (χ0n) is 12.9. The Hall–Kier alpha value is -2.56. The Kier molecular flexibility index (Phi) is 5.22. The molecule has 0 fully saturated rings. The number of carbonyl (C=O) groups is 2. The molecular formula is C19H12Cl2O4. The predicted molar refractivity (Wildman–Crippen MR) is 95.1 cm³/mol. The second kappa shape index (κ2) is 7.55. The first-order valence-electron chi connectivity index (χ1n) is 7.33. The zero-order valence-corrected chi connectivity index (χ0v) is 14.4. The summed E-state index contributed by atoms with van der Waals surface area (Å²) in [6.45, 7) is 0.104. The summed E-state index contributed by atoms with van der Waals surface area (Å²) in [7, 11) is 0. The molecule has 1 aromatic heterocycles. The molecule has 0 saturated carbocycles. The lowest BCUT2D eigenvalue weighted by atomic mass is 10.1. The number of hydrogen-bond acceptors (Lipinski definition) is 4. The molecule has 0 aliphatic rings. The topological polar surface area (TPSA) is 56.5 Å². The third-order valence-electron chi connectivity index (χ3n) is 3.50. The highest BCUT2D eigenvalue weighted by atomic mass is 35.5. The monoisotopic (exact) mass is 374 g/mol. The summed E-state index contributed by atoms with van der Waals surface area (Å²) in [4.78, 5) is 23.1. The molecule has 3 rings (SSSR count). The molecule has 25 heavy (non-hydrogen) atoms. The summed E-state index contributed by atoms with van der Waals surface area (Å²) >= 11 is 11.9. The van der Waals surface area contributed by atoms with E-state index in [4.69, 9.17) is 32.4 Å². The van der Waals surface area contributed by atoms with Crippen LogP contribution in [0.3, 0.4) is 0 Å². The first-order chi connectivity index (χ1) is 12.1. The molecule has 3 aromatic rings. The minimum atomic E-state index is -0.552. The molecule has 1 heterocycles. The smallest absolute Gasteiger partial charge is 0.340 e. The van der Waals surface area contributed by atoms with Crippen molar-refractivity contribution in [2.75, 3.05) is 0 Å². The van der Waals surface area contributed by atoms with Crippen LogP contribution in [0.15, 0.2) is 59.0 Å². The highest BCUT2D eigenvalue weighted by Gasteiger charge is 2.15. The van der Waals surface area contributed by atoms with Gasteiger partial charge in [-0.05, 0) is 48.0 Å². The van der Waals surface area contributed by atoms with Crippen molar-refractivity contribution in [1.82, 2.24) is 0 Å². The van der Waals surface area contributed by atoms with Gasteiger partial charge in [0.25, 0.3) is 0 Å². The fraction of sp³-hybridized carbons (Fsp3) is 0.0526. The molecule has 4 nitrogen and oxygen atoms in total. The second-order valence-electron chi connectivity index (χ2n) is 5.22. The van der Waals surface area contributed by atoms with Gasteiger partial charge >= 0.3 is 5.97 Å². The zero-order chi connectivity index (χ0) is 17.8. The first kappa shape index (κ1) is 17.3. The summed E-state index contributed by atoms with van der Waals surface area (Å²) in [6, 6.07) is 15.0. The van der Waals surface area contributed by atoms with Gasteiger partial charge < -0.3 is 9.15 Å². The summed E-state index contributed by atoms with van der Waals surface area (Å²) in [5.41, 5.74) is 1.65. The Morgan fingerprint density at radius 1 is 1.04 bits per heavy atom. The van der Waals surface area contributed by atoms with E-state index < -0.39 is 5.97 Å². The van der Waals surface area contributed by atoms with E-state index in [0.717, 1.165) is 5.56 Å². The van der Waals surface area contributed by atoms with E-state index in [2.05, 4.69) is 0 Å². The Morgan fingerprint density at radius 3 is 2.48 bits per heavy atom. The maximum Gasteiger partial charge on any atom is 0.340 e. The molecule has 6 heteroatoms. The van der Waals surface area contributed by atoms with Crippen LogP contribution in [0.5, 0.6) is 0 Å². The molecule has 0 bridgehead atoms. The van der Waals surface area contributed by atoms with Gasteiger partial charge in [0.1, 0.15) is 12.4 Å². The van der Waals surface area contributed by atoms with E-state index in [0.29, 0.717) is 22.6 Å². The number of hydrogen-bond donors (Lipinski definition) is 0. The SMILES string of the molecule is O=Cc1ccc(-c2ccc(Cl)c(C(=O)OCc3ccc(Cl)cc3)c2)o1. The van der Waals surface area contributed by atoms with Crippen molar-refractivity contribution in [3.63, 3.8) is 0 Å². The molecule has 0 amide bonds. The van der Waals surface area contributed by atoms with Crippen LogP contribution in [-0.2, 0) is 11.3 Å². The summed E-state index contributed by atoms with van der Waals surface area (Å²) in [5, 5.41) is 0.881. The quantitative estimate of drug-likeness (QED) is 0.441. The predicted octanol–water partition coefficient (Wildman–Crippen LogP) is 5.42. The number of esters is 1. The highest BCUT2D eigenvalue weighted by molar-refractivity contribution is 6.33. The van der Waals surface area contributed by atoms with E-state index in [1.54, 1.807) is 54.6 Å². The third kappa shape index (κ3) is 4.10. The minimum Gasteiger partial charge on any atom is -0.457 e. The van der Waals surface area contributed by atoms with Gasteiger partial charge in [0.2, 0.25) is 0 Å². The number of furan rings is 1. The van der Waals surface area contributed by atoms with Crippen LogP contribution >= 0.6 is 23.2 Å². The van der Waals surface area contributed by atoms with Gasteiger partial charge in [0.05, 0.1) is 10.6 Å².